The van der Waals surface area contributed by atoms with E-state index in [0.717, 1.165) is 16.4 Å². The van der Waals surface area contributed by atoms with Crippen molar-refractivity contribution in [1.82, 2.24) is 0 Å². The Morgan fingerprint density at radius 3 is 1.23 bits per heavy atom. The van der Waals surface area contributed by atoms with E-state index in [-0.39, 0.29) is 0 Å². The van der Waals surface area contributed by atoms with Crippen LogP contribution >= 0.6 is 0 Å². The highest BCUT2D eigenvalue weighted by molar-refractivity contribution is 6.87. The molecular weight excluding hydrogens is 375 g/mol. The monoisotopic (exact) mass is 387 g/mol. The Balaban J connectivity index is 1.66. The smallest absolute Gasteiger partial charge is 0.445 e. The zero-order valence-electron chi connectivity index (χ0n) is 15.7. The maximum absolute atomic E-state index is 9.03. The first-order valence-corrected chi connectivity index (χ1v) is 9.14. The van der Waals surface area contributed by atoms with E-state index >= 15 is 0 Å². The summed E-state index contributed by atoms with van der Waals surface area (Å²) < 4.78 is 18.1. The van der Waals surface area contributed by atoms with Gasteiger partial charge in [-0.15, -0.1) is 0 Å². The Hall–Kier alpha value is -3.80. The molecule has 3 aromatic carbocycles. The van der Waals surface area contributed by atoms with E-state index in [1.54, 1.807) is 72.8 Å². The molecule has 0 radical (unpaired) electrons. The van der Waals surface area contributed by atoms with Crippen molar-refractivity contribution in [3.8, 4) is 12.1 Å². The van der Waals surface area contributed by atoms with E-state index < -0.39 is 21.4 Å². The van der Waals surface area contributed by atoms with Gasteiger partial charge in [-0.2, -0.15) is 10.5 Å². The lowest BCUT2D eigenvalue weighted by Gasteiger charge is -2.31. The first-order valence-electron chi connectivity index (χ1n) is 9.14. The topological polar surface area (TPSA) is 79.6 Å². The summed E-state index contributed by atoms with van der Waals surface area (Å²) >= 11 is 0. The van der Waals surface area contributed by atoms with Crippen LogP contribution in [0.15, 0.2) is 72.8 Å². The van der Waals surface area contributed by atoms with Gasteiger partial charge in [-0.05, 0) is 40.7 Å². The third-order valence-corrected chi connectivity index (χ3v) is 4.66. The zero-order chi connectivity index (χ0) is 20.9. The summed E-state index contributed by atoms with van der Waals surface area (Å²) in [6.45, 7) is 7.11. The van der Waals surface area contributed by atoms with E-state index in [1.165, 1.54) is 0 Å². The predicted octanol–water partition coefficient (Wildman–Crippen LogP) is 1.53. The fourth-order valence-corrected chi connectivity index (χ4v) is 3.04. The highest BCUT2D eigenvalue weighted by Gasteiger charge is 2.43. The van der Waals surface area contributed by atoms with Gasteiger partial charge in [0.1, 0.15) is 0 Å². The lowest BCUT2D eigenvalue weighted by atomic mass is 9.61. The van der Waals surface area contributed by atoms with Crippen molar-refractivity contribution >= 4 is 43.4 Å². The minimum atomic E-state index is -0.724. The van der Waals surface area contributed by atoms with Crippen LogP contribution < -0.4 is 16.4 Å². The number of nitrogens with zero attached hydrogens (tertiary/aromatic N) is 3. The molecule has 0 N–H and O–H groups in total. The van der Waals surface area contributed by atoms with Crippen molar-refractivity contribution in [3.63, 3.8) is 0 Å². The molecule has 1 aliphatic rings. The lowest BCUT2D eigenvalue weighted by molar-refractivity contribution is 0.308. The molecule has 4 rings (SSSR count). The summed E-state index contributed by atoms with van der Waals surface area (Å²) in [5.74, 6) is 0. The maximum atomic E-state index is 9.03. The van der Waals surface area contributed by atoms with Gasteiger partial charge in [-0.25, -0.2) is 4.85 Å². The Labute approximate surface area is 175 Å². The number of nitriles is 2. The van der Waals surface area contributed by atoms with Gasteiger partial charge in [-0.3, -0.25) is 0 Å². The molecule has 0 amide bonds. The average molecular weight is 387 g/mol. The summed E-state index contributed by atoms with van der Waals surface area (Å²) in [7, 11) is -2.17. The van der Waals surface area contributed by atoms with Crippen molar-refractivity contribution < 1.29 is 13.7 Å². The van der Waals surface area contributed by atoms with Crippen LogP contribution in [-0.4, -0.2) is 21.4 Å². The molecule has 0 unspecified atom stereocenters. The Morgan fingerprint density at radius 1 is 0.600 bits per heavy atom. The Morgan fingerprint density at radius 2 is 0.933 bits per heavy atom. The molecule has 0 aromatic heterocycles. The van der Waals surface area contributed by atoms with Gasteiger partial charge in [0.2, 0.25) is 0 Å². The Bertz CT molecular complexity index is 1010. The maximum Gasteiger partial charge on any atom is 0.467 e. The van der Waals surface area contributed by atoms with Crippen molar-refractivity contribution in [2.24, 2.45) is 0 Å². The van der Waals surface area contributed by atoms with E-state index in [9.17, 15) is 0 Å². The highest BCUT2D eigenvalue weighted by Crippen LogP contribution is 2.13. The zero-order valence-corrected chi connectivity index (χ0v) is 15.7. The third-order valence-electron chi connectivity index (χ3n) is 4.66. The molecule has 0 aliphatic carbocycles. The molecule has 6 nitrogen and oxygen atoms in total. The summed E-state index contributed by atoms with van der Waals surface area (Å²) in [5.41, 5.74) is 3.86. The molecule has 1 heterocycles. The van der Waals surface area contributed by atoms with Crippen molar-refractivity contribution in [2.45, 2.75) is 0 Å². The molecule has 0 spiro atoms. The van der Waals surface area contributed by atoms with Gasteiger partial charge in [0.05, 0.1) is 29.8 Å². The van der Waals surface area contributed by atoms with Crippen LogP contribution in [0.1, 0.15) is 11.1 Å². The summed E-state index contributed by atoms with van der Waals surface area (Å²) in [4.78, 5) is 3.41. The molecular formula is C21H12B3N3O3. The van der Waals surface area contributed by atoms with Crippen LogP contribution in [-0.2, 0) is 13.7 Å². The van der Waals surface area contributed by atoms with Gasteiger partial charge in [0, 0.05) is 0 Å². The second kappa shape index (κ2) is 8.70. The van der Waals surface area contributed by atoms with Crippen LogP contribution in [0.25, 0.3) is 4.85 Å². The van der Waals surface area contributed by atoms with Crippen LogP contribution in [0.5, 0.6) is 0 Å². The van der Waals surface area contributed by atoms with Crippen molar-refractivity contribution in [2.75, 3.05) is 0 Å². The molecule has 0 atom stereocenters. The molecule has 138 valence electrons. The average Bonchev–Trinajstić information content (AvgIpc) is 2.84. The van der Waals surface area contributed by atoms with Crippen molar-refractivity contribution in [1.29, 1.82) is 10.5 Å². The molecule has 1 fully saturated rings. The quantitative estimate of drug-likeness (QED) is 0.504. The standard InChI is InChI=1S/C21H12B3N3O3/c1-27-21-12-10-20(11-13-21)24-29-22(18-6-2-16(14-25)3-7-18)28-23(30-24)19-8-4-17(15-26)5-9-19/h2-13H. The van der Waals surface area contributed by atoms with Crippen molar-refractivity contribution in [3.05, 3.63) is 95.3 Å². The first kappa shape index (κ1) is 19.5. The number of hydrogen-bond donors (Lipinski definition) is 0. The van der Waals surface area contributed by atoms with E-state index in [0.29, 0.717) is 16.8 Å². The third kappa shape index (κ3) is 4.13. The minimum Gasteiger partial charge on any atom is -0.445 e. The second-order valence-electron chi connectivity index (χ2n) is 6.57. The normalized spacial score (nSPS) is 13.3. The summed E-state index contributed by atoms with van der Waals surface area (Å²) in [6.07, 6.45) is 0. The summed E-state index contributed by atoms with van der Waals surface area (Å²) in [6, 6.07) is 25.1. The number of rotatable bonds is 3. The first-order chi connectivity index (χ1) is 14.7. The fraction of sp³-hybridized carbons (Fsp3) is 0. The van der Waals surface area contributed by atoms with E-state index in [1.807, 2.05) is 0 Å². The van der Waals surface area contributed by atoms with Crippen LogP contribution in [0.3, 0.4) is 0 Å². The SMILES string of the molecule is [C-]#[N+]c1ccc(B2OB(c3ccc(C#N)cc3)OB(c3ccc(C#N)cc3)O2)cc1. The number of benzene rings is 3. The molecule has 1 saturated heterocycles. The lowest BCUT2D eigenvalue weighted by Crippen LogP contribution is -2.61. The van der Waals surface area contributed by atoms with Crippen LogP contribution in [0, 0.1) is 29.2 Å². The van der Waals surface area contributed by atoms with Gasteiger partial charge < -0.3 is 13.7 Å². The van der Waals surface area contributed by atoms with Crippen LogP contribution in [0.4, 0.5) is 5.69 Å². The van der Waals surface area contributed by atoms with Gasteiger partial charge in [0.15, 0.2) is 5.69 Å². The van der Waals surface area contributed by atoms with Gasteiger partial charge >= 0.3 is 21.4 Å². The molecule has 3 aromatic rings. The largest absolute Gasteiger partial charge is 0.467 e. The molecule has 9 heteroatoms. The van der Waals surface area contributed by atoms with E-state index in [2.05, 4.69) is 17.0 Å². The van der Waals surface area contributed by atoms with Gasteiger partial charge in [-0.1, -0.05) is 48.5 Å². The molecule has 0 bridgehead atoms. The second-order valence-corrected chi connectivity index (χ2v) is 6.57. The summed E-state index contributed by atoms with van der Waals surface area (Å²) in [5, 5.41) is 18.1. The Kier molecular flexibility index (Phi) is 5.66. The molecule has 1 aliphatic heterocycles. The number of hydrogen-bond acceptors (Lipinski definition) is 5. The molecule has 0 saturated carbocycles. The molecule has 30 heavy (non-hydrogen) atoms. The predicted molar refractivity (Wildman–Crippen MR) is 114 cm³/mol. The van der Waals surface area contributed by atoms with Crippen LogP contribution in [0.2, 0.25) is 0 Å². The van der Waals surface area contributed by atoms with Gasteiger partial charge in [0.25, 0.3) is 0 Å². The van der Waals surface area contributed by atoms with E-state index in [4.69, 9.17) is 30.8 Å². The minimum absolute atomic E-state index is 0.526. The highest BCUT2D eigenvalue weighted by atomic mass is 16.7. The fourth-order valence-electron chi connectivity index (χ4n) is 3.04.